The van der Waals surface area contributed by atoms with Crippen molar-refractivity contribution in [3.05, 3.63) is 59.4 Å². The molecule has 2 aromatic rings. The van der Waals surface area contributed by atoms with E-state index in [0.29, 0.717) is 12.1 Å². The van der Waals surface area contributed by atoms with Crippen LogP contribution in [0.4, 0.5) is 0 Å². The predicted molar refractivity (Wildman–Crippen MR) is 68.8 cm³/mol. The molecule has 19 heavy (non-hydrogen) atoms. The fourth-order valence-corrected chi connectivity index (χ4v) is 2.46. The first-order chi connectivity index (χ1) is 9.29. The van der Waals surface area contributed by atoms with Gasteiger partial charge in [-0.15, -0.1) is 0 Å². The van der Waals surface area contributed by atoms with Gasteiger partial charge >= 0.3 is 5.97 Å². The van der Waals surface area contributed by atoms with E-state index in [1.807, 2.05) is 36.4 Å². The van der Waals surface area contributed by atoms with Crippen LogP contribution in [0.15, 0.2) is 42.5 Å². The van der Waals surface area contributed by atoms with Crippen molar-refractivity contribution in [2.24, 2.45) is 0 Å². The third-order valence-electron chi connectivity index (χ3n) is 3.37. The second-order valence-corrected chi connectivity index (χ2v) is 4.55. The maximum atomic E-state index is 12.0. The molecule has 1 aromatic carbocycles. The van der Waals surface area contributed by atoms with Crippen molar-refractivity contribution < 1.29 is 14.3 Å². The Bertz CT molecular complexity index is 616. The molecule has 0 radical (unpaired) electrons. The Balaban J connectivity index is 1.99. The number of carbonyl (C=O) groups is 2. The number of carbonyl (C=O) groups excluding carboxylic acids is 2. The molecule has 96 valence electrons. The first kappa shape index (κ1) is 11.7. The maximum absolute atomic E-state index is 12.0. The first-order valence-corrected chi connectivity index (χ1v) is 6.15. The number of ether oxygens (including phenoxy) is 1. The Hall–Kier alpha value is -2.36. The molecule has 1 aliphatic rings. The zero-order valence-electron chi connectivity index (χ0n) is 10.3. The van der Waals surface area contributed by atoms with Gasteiger partial charge in [-0.2, -0.15) is 0 Å². The van der Waals surface area contributed by atoms with E-state index in [0.717, 1.165) is 17.5 Å². The Morgan fingerprint density at radius 2 is 2.00 bits per heavy atom. The normalized spacial score (nSPS) is 17.7. The number of hydrogen-bond acceptors (Lipinski definition) is 3. The van der Waals surface area contributed by atoms with E-state index in [2.05, 4.69) is 0 Å². The minimum atomic E-state index is -0.457. The number of rotatable bonds is 3. The summed E-state index contributed by atoms with van der Waals surface area (Å²) in [6, 6.07) is 12.8. The Morgan fingerprint density at radius 1 is 1.21 bits per heavy atom. The maximum Gasteiger partial charge on any atom is 0.329 e. The van der Waals surface area contributed by atoms with Gasteiger partial charge in [-0.05, 0) is 17.7 Å². The highest BCUT2D eigenvalue weighted by Gasteiger charge is 2.30. The van der Waals surface area contributed by atoms with Crippen molar-refractivity contribution in [1.29, 1.82) is 0 Å². The summed E-state index contributed by atoms with van der Waals surface area (Å²) < 4.78 is 6.95. The molecule has 1 aromatic heterocycles. The van der Waals surface area contributed by atoms with Gasteiger partial charge in [0.15, 0.2) is 6.29 Å². The number of aromatic nitrogens is 1. The van der Waals surface area contributed by atoms with Gasteiger partial charge < -0.3 is 9.30 Å². The third-order valence-corrected chi connectivity index (χ3v) is 3.37. The zero-order valence-corrected chi connectivity index (χ0v) is 10.3. The Morgan fingerprint density at radius 3 is 2.74 bits per heavy atom. The molecule has 3 rings (SSSR count). The number of benzene rings is 1. The molecule has 0 aliphatic carbocycles. The molecule has 0 bridgehead atoms. The van der Waals surface area contributed by atoms with E-state index >= 15 is 0 Å². The average molecular weight is 255 g/mol. The molecule has 0 spiro atoms. The number of fused-ring (bicyclic) bond motifs is 1. The molecule has 0 saturated heterocycles. The van der Waals surface area contributed by atoms with Crippen LogP contribution >= 0.6 is 0 Å². The molecule has 4 nitrogen and oxygen atoms in total. The van der Waals surface area contributed by atoms with Crippen LogP contribution in [0.5, 0.6) is 0 Å². The first-order valence-electron chi connectivity index (χ1n) is 6.15. The summed E-state index contributed by atoms with van der Waals surface area (Å²) in [5.74, 6) is -0.282. The van der Waals surface area contributed by atoms with Gasteiger partial charge in [0.25, 0.3) is 0 Å². The lowest BCUT2D eigenvalue weighted by molar-refractivity contribution is -0.152. The molecule has 0 saturated carbocycles. The highest BCUT2D eigenvalue weighted by atomic mass is 16.5. The van der Waals surface area contributed by atoms with Crippen molar-refractivity contribution in [2.45, 2.75) is 19.1 Å². The van der Waals surface area contributed by atoms with Crippen molar-refractivity contribution in [3.8, 4) is 0 Å². The molecule has 1 atom stereocenters. The van der Waals surface area contributed by atoms with Crippen LogP contribution in [0.3, 0.4) is 0 Å². The Kier molecular flexibility index (Phi) is 2.91. The summed E-state index contributed by atoms with van der Waals surface area (Å²) in [7, 11) is 0. The summed E-state index contributed by atoms with van der Waals surface area (Å²) in [5.41, 5.74) is 2.43. The van der Waals surface area contributed by atoms with E-state index < -0.39 is 6.04 Å². The van der Waals surface area contributed by atoms with Gasteiger partial charge in [-0.3, -0.25) is 4.79 Å². The molecular formula is C15H13NO3. The number of esters is 1. The van der Waals surface area contributed by atoms with Crippen LogP contribution in [0.2, 0.25) is 0 Å². The fourth-order valence-electron chi connectivity index (χ4n) is 2.46. The summed E-state index contributed by atoms with van der Waals surface area (Å²) in [4.78, 5) is 23.0. The van der Waals surface area contributed by atoms with Crippen molar-refractivity contribution in [2.75, 3.05) is 0 Å². The predicted octanol–water partition coefficient (Wildman–Crippen LogP) is 2.14. The van der Waals surface area contributed by atoms with Gasteiger partial charge in [0, 0.05) is 6.42 Å². The monoisotopic (exact) mass is 255 g/mol. The van der Waals surface area contributed by atoms with Gasteiger partial charge in [0.05, 0.1) is 11.4 Å². The minimum Gasteiger partial charge on any atom is -0.458 e. The molecule has 1 aliphatic heterocycles. The van der Waals surface area contributed by atoms with Gasteiger partial charge in [0.2, 0.25) is 0 Å². The highest BCUT2D eigenvalue weighted by Crippen LogP contribution is 2.26. The minimum absolute atomic E-state index is 0.234. The van der Waals surface area contributed by atoms with Crippen molar-refractivity contribution >= 4 is 12.3 Å². The highest BCUT2D eigenvalue weighted by molar-refractivity contribution is 5.79. The summed E-state index contributed by atoms with van der Waals surface area (Å²) >= 11 is 0. The number of nitrogens with zero attached hydrogens (tertiary/aromatic N) is 1. The van der Waals surface area contributed by atoms with E-state index in [1.165, 1.54) is 0 Å². The standard InChI is InChI=1S/C15H13NO3/c17-9-12-6-7-13-10-19-15(18)14(16(12)13)8-11-4-2-1-3-5-11/h1-7,9,14H,8,10H2. The summed E-state index contributed by atoms with van der Waals surface area (Å²) in [6.07, 6.45) is 1.31. The molecule has 4 heteroatoms. The largest absolute Gasteiger partial charge is 0.458 e. The third kappa shape index (κ3) is 2.05. The van der Waals surface area contributed by atoms with Gasteiger partial charge in [-0.25, -0.2) is 4.79 Å². The summed E-state index contributed by atoms with van der Waals surface area (Å²) in [6.45, 7) is 0.234. The molecule has 0 N–H and O–H groups in total. The smallest absolute Gasteiger partial charge is 0.329 e. The average Bonchev–Trinajstić information content (AvgIpc) is 2.86. The van der Waals surface area contributed by atoms with Crippen LogP contribution in [0, 0.1) is 0 Å². The molecular weight excluding hydrogens is 242 g/mol. The second kappa shape index (κ2) is 4.72. The lowest BCUT2D eigenvalue weighted by Crippen LogP contribution is -2.31. The molecule has 1 unspecified atom stereocenters. The van der Waals surface area contributed by atoms with Crippen LogP contribution in [-0.4, -0.2) is 16.8 Å². The van der Waals surface area contributed by atoms with Crippen LogP contribution in [-0.2, 0) is 22.6 Å². The van der Waals surface area contributed by atoms with E-state index in [4.69, 9.17) is 4.74 Å². The van der Waals surface area contributed by atoms with Gasteiger partial charge in [-0.1, -0.05) is 30.3 Å². The van der Waals surface area contributed by atoms with E-state index in [1.54, 1.807) is 10.6 Å². The number of aldehydes is 1. The van der Waals surface area contributed by atoms with E-state index in [-0.39, 0.29) is 12.6 Å². The van der Waals surface area contributed by atoms with Gasteiger partial charge in [0.1, 0.15) is 12.6 Å². The van der Waals surface area contributed by atoms with Crippen LogP contribution < -0.4 is 0 Å². The molecule has 0 fully saturated rings. The fraction of sp³-hybridized carbons (Fsp3) is 0.200. The summed E-state index contributed by atoms with van der Waals surface area (Å²) in [5, 5.41) is 0. The van der Waals surface area contributed by atoms with Crippen LogP contribution in [0.1, 0.15) is 27.8 Å². The second-order valence-electron chi connectivity index (χ2n) is 4.55. The lowest BCUT2D eigenvalue weighted by atomic mass is 10.0. The van der Waals surface area contributed by atoms with Crippen molar-refractivity contribution in [1.82, 2.24) is 4.57 Å². The lowest BCUT2D eigenvalue weighted by Gasteiger charge is -2.26. The SMILES string of the molecule is O=Cc1ccc2n1C(Cc1ccccc1)C(=O)OC2. The number of cyclic esters (lactones) is 1. The quantitative estimate of drug-likeness (QED) is 0.623. The molecule has 2 heterocycles. The Labute approximate surface area is 110 Å². The van der Waals surface area contributed by atoms with Crippen molar-refractivity contribution in [3.63, 3.8) is 0 Å². The van der Waals surface area contributed by atoms with Crippen LogP contribution in [0.25, 0.3) is 0 Å². The zero-order chi connectivity index (χ0) is 13.2. The topological polar surface area (TPSA) is 48.3 Å². The number of hydrogen-bond donors (Lipinski definition) is 0. The van der Waals surface area contributed by atoms with E-state index in [9.17, 15) is 9.59 Å². The molecule has 0 amide bonds.